The lowest BCUT2D eigenvalue weighted by atomic mass is 10.1. The molecule has 0 unspecified atom stereocenters. The van der Waals surface area contributed by atoms with Gasteiger partial charge >= 0.3 is 0 Å². The molecular weight excluding hydrogens is 244 g/mol. The quantitative estimate of drug-likeness (QED) is 0.510. The first kappa shape index (κ1) is 11.1. The zero-order valence-corrected chi connectivity index (χ0v) is 11.8. The third-order valence-electron chi connectivity index (χ3n) is 3.52. The van der Waals surface area contributed by atoms with Crippen LogP contribution in [0.3, 0.4) is 0 Å². The van der Waals surface area contributed by atoms with Gasteiger partial charge in [0.15, 0.2) is 7.38 Å². The van der Waals surface area contributed by atoms with Crippen LogP contribution in [0.4, 0.5) is 0 Å². The first-order chi connectivity index (χ1) is 8.09. The Bertz CT molecular complexity index is 524. The summed E-state index contributed by atoms with van der Waals surface area (Å²) in [4.78, 5) is 0. The van der Waals surface area contributed by atoms with Crippen molar-refractivity contribution in [3.8, 4) is 11.1 Å². The van der Waals surface area contributed by atoms with Gasteiger partial charge in [-0.15, -0.1) is 0 Å². The van der Waals surface area contributed by atoms with Crippen molar-refractivity contribution in [3.63, 3.8) is 0 Å². The van der Waals surface area contributed by atoms with Gasteiger partial charge in [0, 0.05) is 5.54 Å². The number of rotatable bonds is 1. The second kappa shape index (κ2) is 3.72. The van der Waals surface area contributed by atoms with Crippen LogP contribution in [0.2, 0.25) is 13.1 Å². The molecule has 0 atom stereocenters. The lowest BCUT2D eigenvalue weighted by Crippen LogP contribution is -2.27. The van der Waals surface area contributed by atoms with Crippen LogP contribution < -0.4 is 0 Å². The van der Waals surface area contributed by atoms with E-state index in [0.29, 0.717) is 5.54 Å². The first-order valence-corrected chi connectivity index (χ1v) is 10.0. The zero-order valence-electron chi connectivity index (χ0n) is 10.1. The van der Waals surface area contributed by atoms with Gasteiger partial charge in [-0.2, -0.15) is 11.1 Å². The van der Waals surface area contributed by atoms with E-state index in [0.717, 1.165) is 0 Å². The average molecular weight is 259 g/mol. The Balaban J connectivity index is 2.31. The van der Waals surface area contributed by atoms with Gasteiger partial charge in [-0.3, -0.25) is 0 Å². The molecule has 0 aliphatic heterocycles. The van der Waals surface area contributed by atoms with Gasteiger partial charge in [0.1, 0.15) is 0 Å². The topological polar surface area (TPSA) is 0 Å². The summed E-state index contributed by atoms with van der Waals surface area (Å²) in [5.41, 5.74) is 6.00. The number of halogens is 1. The van der Waals surface area contributed by atoms with Crippen LogP contribution in [0.1, 0.15) is 16.7 Å². The molecule has 0 spiro atoms. The van der Waals surface area contributed by atoms with E-state index in [-0.39, 0.29) is 0 Å². The molecule has 86 valence electrons. The minimum Gasteiger partial charge on any atom is -0.167 e. The van der Waals surface area contributed by atoms with Crippen LogP contribution in [0, 0.1) is 0 Å². The molecule has 0 amide bonds. The molecule has 0 bridgehead atoms. The summed E-state index contributed by atoms with van der Waals surface area (Å²) >= 11 is 6.73. The van der Waals surface area contributed by atoms with Gasteiger partial charge in [-0.1, -0.05) is 61.6 Å². The van der Waals surface area contributed by atoms with Crippen molar-refractivity contribution in [2.75, 3.05) is 0 Å². The molecule has 0 N–H and O–H groups in total. The third-order valence-corrected chi connectivity index (χ3v) is 6.17. The molecule has 0 saturated carbocycles. The molecule has 0 heterocycles. The minimum absolute atomic E-state index is 0.427. The summed E-state index contributed by atoms with van der Waals surface area (Å²) in [7, 11) is -1.75. The fourth-order valence-corrected chi connectivity index (χ4v) is 5.58. The maximum Gasteiger partial charge on any atom is 0.162 e. The van der Waals surface area contributed by atoms with Crippen LogP contribution in [0.25, 0.3) is 11.1 Å². The third kappa shape index (κ3) is 1.65. The van der Waals surface area contributed by atoms with Crippen LogP contribution in [0.15, 0.2) is 48.5 Å². The van der Waals surface area contributed by atoms with Crippen LogP contribution in [-0.4, -0.2) is 7.38 Å². The summed E-state index contributed by atoms with van der Waals surface area (Å²) in [6.07, 6.45) is 0. The molecule has 0 nitrogen and oxygen atoms in total. The fourth-order valence-electron chi connectivity index (χ4n) is 2.90. The predicted octanol–water partition coefficient (Wildman–Crippen LogP) is 4.78. The van der Waals surface area contributed by atoms with Crippen LogP contribution in [-0.2, 0) is 0 Å². The molecule has 0 aromatic heterocycles. The van der Waals surface area contributed by atoms with Crippen molar-refractivity contribution in [2.24, 2.45) is 0 Å². The maximum absolute atomic E-state index is 6.73. The minimum atomic E-state index is -1.75. The Kier molecular flexibility index (Phi) is 2.42. The number of fused-ring (bicyclic) bond motifs is 3. The van der Waals surface area contributed by atoms with Gasteiger partial charge in [-0.25, -0.2) is 0 Å². The lowest BCUT2D eigenvalue weighted by Gasteiger charge is -2.24. The molecule has 2 aromatic carbocycles. The van der Waals surface area contributed by atoms with Crippen LogP contribution >= 0.6 is 11.1 Å². The van der Waals surface area contributed by atoms with Crippen molar-refractivity contribution in [1.29, 1.82) is 0 Å². The number of hydrogen-bond donors (Lipinski definition) is 0. The van der Waals surface area contributed by atoms with E-state index in [2.05, 4.69) is 61.6 Å². The van der Waals surface area contributed by atoms with E-state index in [1.54, 1.807) is 0 Å². The Morgan fingerprint density at radius 1 is 0.824 bits per heavy atom. The molecular formula is C15H15ClSi. The highest BCUT2D eigenvalue weighted by atomic mass is 35.6. The number of benzene rings is 2. The largest absolute Gasteiger partial charge is 0.167 e. The predicted molar refractivity (Wildman–Crippen MR) is 77.1 cm³/mol. The van der Waals surface area contributed by atoms with Crippen molar-refractivity contribution >= 4 is 18.5 Å². The van der Waals surface area contributed by atoms with Crippen LogP contribution in [0.5, 0.6) is 0 Å². The van der Waals surface area contributed by atoms with Crippen molar-refractivity contribution < 1.29 is 0 Å². The van der Waals surface area contributed by atoms with E-state index >= 15 is 0 Å². The Morgan fingerprint density at radius 2 is 1.24 bits per heavy atom. The normalized spacial score (nSPS) is 14.5. The molecule has 3 rings (SSSR count). The highest BCUT2D eigenvalue weighted by Gasteiger charge is 2.39. The van der Waals surface area contributed by atoms with Gasteiger partial charge in [0.2, 0.25) is 0 Å². The lowest BCUT2D eigenvalue weighted by molar-refractivity contribution is 1.15. The fraction of sp³-hybridized carbons (Fsp3) is 0.200. The Hall–Kier alpha value is -1.05. The van der Waals surface area contributed by atoms with Gasteiger partial charge in [-0.05, 0) is 22.3 Å². The van der Waals surface area contributed by atoms with E-state index in [9.17, 15) is 0 Å². The highest BCUT2D eigenvalue weighted by Crippen LogP contribution is 2.49. The molecule has 2 aromatic rings. The second-order valence-electron chi connectivity index (χ2n) is 5.17. The molecule has 2 heteroatoms. The first-order valence-electron chi connectivity index (χ1n) is 5.96. The monoisotopic (exact) mass is 258 g/mol. The zero-order chi connectivity index (χ0) is 12.0. The molecule has 0 fully saturated rings. The number of hydrogen-bond acceptors (Lipinski definition) is 0. The molecule has 0 radical (unpaired) electrons. The summed E-state index contributed by atoms with van der Waals surface area (Å²) in [6, 6.07) is 17.4. The van der Waals surface area contributed by atoms with Crippen molar-refractivity contribution in [3.05, 3.63) is 59.7 Å². The average Bonchev–Trinajstić information content (AvgIpc) is 2.63. The van der Waals surface area contributed by atoms with Crippen molar-refractivity contribution in [2.45, 2.75) is 18.6 Å². The smallest absolute Gasteiger partial charge is 0.162 e. The van der Waals surface area contributed by atoms with Gasteiger partial charge < -0.3 is 0 Å². The highest BCUT2D eigenvalue weighted by molar-refractivity contribution is 7.20. The molecule has 17 heavy (non-hydrogen) atoms. The summed E-state index contributed by atoms with van der Waals surface area (Å²) in [5.74, 6) is 0. The molecule has 1 aliphatic rings. The molecule has 0 saturated heterocycles. The van der Waals surface area contributed by atoms with E-state index in [4.69, 9.17) is 11.1 Å². The Morgan fingerprint density at radius 3 is 1.65 bits per heavy atom. The second-order valence-corrected chi connectivity index (χ2v) is 11.8. The van der Waals surface area contributed by atoms with E-state index < -0.39 is 7.38 Å². The summed E-state index contributed by atoms with van der Waals surface area (Å²) < 4.78 is 0. The van der Waals surface area contributed by atoms with Gasteiger partial charge in [0.25, 0.3) is 0 Å². The maximum atomic E-state index is 6.73. The van der Waals surface area contributed by atoms with E-state index in [1.165, 1.54) is 22.3 Å². The molecule has 1 aliphatic carbocycles. The SMILES string of the molecule is C[Si](C)(Cl)C1c2ccccc2-c2ccccc21. The van der Waals surface area contributed by atoms with Gasteiger partial charge in [0.05, 0.1) is 0 Å². The standard InChI is InChI=1S/C15H15ClSi/c1-17(2,16)15-13-9-5-3-7-11(13)12-8-4-6-10-14(12)15/h3-10,15H,1-2H3. The summed E-state index contributed by atoms with van der Waals surface area (Å²) in [5, 5.41) is 0. The summed E-state index contributed by atoms with van der Waals surface area (Å²) in [6.45, 7) is 4.47. The van der Waals surface area contributed by atoms with Crippen molar-refractivity contribution in [1.82, 2.24) is 0 Å². The Labute approximate surface area is 108 Å². The van der Waals surface area contributed by atoms with E-state index in [1.807, 2.05) is 0 Å².